The fourth-order valence-electron chi connectivity index (χ4n) is 4.77. The zero-order valence-electron chi connectivity index (χ0n) is 18.7. The fraction of sp³-hybridized carbons (Fsp3) is 0.375. The Morgan fingerprint density at radius 1 is 1.30 bits per heavy atom. The summed E-state index contributed by atoms with van der Waals surface area (Å²) < 4.78 is 17.9. The second kappa shape index (κ2) is 8.13. The number of epoxide rings is 1. The Morgan fingerprint density at radius 2 is 2.09 bits per heavy atom. The molecule has 2 N–H and O–H groups in total. The van der Waals surface area contributed by atoms with E-state index >= 15 is 0 Å². The number of carbonyl (C=O) groups excluding carboxylic acids is 1. The third-order valence-electron chi connectivity index (χ3n) is 6.42. The largest absolute Gasteiger partial charge is 0.441 e. The summed E-state index contributed by atoms with van der Waals surface area (Å²) in [4.78, 5) is 17.5. The maximum absolute atomic E-state index is 13.2. The normalized spacial score (nSPS) is 25.5. The SMILES string of the molecule is CCNC(=O)C1=C(C2=NNCc3ncoc32)C2(C)OC2(OC)C(CCc2ccc(Cl)cc2)=C1. The molecule has 172 valence electrons. The quantitative estimate of drug-likeness (QED) is 0.605. The monoisotopic (exact) mass is 468 g/mol. The lowest BCUT2D eigenvalue weighted by molar-refractivity contribution is -0.117. The highest BCUT2D eigenvalue weighted by atomic mass is 35.5. The highest BCUT2D eigenvalue weighted by Crippen LogP contribution is 2.62. The van der Waals surface area contributed by atoms with Crippen LogP contribution >= 0.6 is 11.6 Å². The summed E-state index contributed by atoms with van der Waals surface area (Å²) >= 11 is 6.02. The Hall–Kier alpha value is -2.94. The molecule has 1 aromatic heterocycles. The molecule has 2 unspecified atom stereocenters. The van der Waals surface area contributed by atoms with Gasteiger partial charge in [-0.1, -0.05) is 23.7 Å². The number of likely N-dealkylation sites (N-methyl/N-ethyl adjacent to an activating group) is 1. The molecule has 2 atom stereocenters. The highest BCUT2D eigenvalue weighted by molar-refractivity contribution is 6.30. The molecule has 0 radical (unpaired) electrons. The van der Waals surface area contributed by atoms with Gasteiger partial charge in [-0.2, -0.15) is 5.10 Å². The Labute approximate surface area is 196 Å². The molecular formula is C24H25ClN4O4. The van der Waals surface area contributed by atoms with Gasteiger partial charge in [0.2, 0.25) is 5.79 Å². The van der Waals surface area contributed by atoms with E-state index in [0.29, 0.717) is 47.2 Å². The summed E-state index contributed by atoms with van der Waals surface area (Å²) in [5, 5.41) is 8.10. The molecule has 8 nitrogen and oxygen atoms in total. The first-order chi connectivity index (χ1) is 15.9. The molecule has 2 aromatic rings. The van der Waals surface area contributed by atoms with Crippen molar-refractivity contribution in [2.45, 2.75) is 44.6 Å². The number of rotatable bonds is 7. The number of nitrogens with zero attached hydrogens (tertiary/aromatic N) is 2. The van der Waals surface area contributed by atoms with Crippen LogP contribution in [0.2, 0.25) is 5.02 Å². The minimum Gasteiger partial charge on any atom is -0.441 e. The van der Waals surface area contributed by atoms with Crippen molar-refractivity contribution in [1.82, 2.24) is 15.7 Å². The number of fused-ring (bicyclic) bond motifs is 2. The number of ether oxygens (including phenoxy) is 2. The standard InChI is InChI=1S/C24H25ClN4O4/c1-4-26-22(30)17-11-15(8-5-14-6-9-16(25)10-7-14)24(31-3)23(2,33-24)19(17)20-21-18(12-28-29-20)27-13-32-21/h6-7,9-11,13,28H,4-5,8,12H2,1-3H3,(H,26,30). The van der Waals surface area contributed by atoms with Crippen LogP contribution in [0.25, 0.3) is 0 Å². The second-order valence-electron chi connectivity index (χ2n) is 8.32. The molecule has 1 fully saturated rings. The van der Waals surface area contributed by atoms with Crippen molar-refractivity contribution < 1.29 is 18.7 Å². The molecule has 0 bridgehead atoms. The van der Waals surface area contributed by atoms with Gasteiger partial charge in [0.15, 0.2) is 17.8 Å². The van der Waals surface area contributed by atoms with Crippen LogP contribution < -0.4 is 10.7 Å². The first kappa shape index (κ1) is 21.9. The van der Waals surface area contributed by atoms with E-state index in [1.165, 1.54) is 6.39 Å². The van der Waals surface area contributed by atoms with E-state index in [2.05, 4.69) is 20.8 Å². The minimum atomic E-state index is -0.981. The lowest BCUT2D eigenvalue weighted by Crippen LogP contribution is -2.40. The molecule has 1 saturated heterocycles. The molecule has 1 amide bonds. The van der Waals surface area contributed by atoms with Crippen LogP contribution in [-0.2, 0) is 27.2 Å². The van der Waals surface area contributed by atoms with E-state index < -0.39 is 11.4 Å². The number of hydrazone groups is 1. The number of methoxy groups -OCH3 is 1. The molecule has 0 spiro atoms. The van der Waals surface area contributed by atoms with Crippen molar-refractivity contribution in [3.8, 4) is 0 Å². The van der Waals surface area contributed by atoms with Gasteiger partial charge in [-0.05, 0) is 56.0 Å². The summed E-state index contributed by atoms with van der Waals surface area (Å²) in [6.45, 7) is 4.76. The summed E-state index contributed by atoms with van der Waals surface area (Å²) in [6, 6.07) is 7.74. The van der Waals surface area contributed by atoms with Crippen molar-refractivity contribution in [3.63, 3.8) is 0 Å². The molecule has 5 rings (SSSR count). The Bertz CT molecular complexity index is 1200. The van der Waals surface area contributed by atoms with Crippen LogP contribution in [0.3, 0.4) is 0 Å². The van der Waals surface area contributed by atoms with Gasteiger partial charge in [-0.25, -0.2) is 4.98 Å². The van der Waals surface area contributed by atoms with Gasteiger partial charge in [0, 0.05) is 29.8 Å². The number of hydrogen-bond acceptors (Lipinski definition) is 7. The van der Waals surface area contributed by atoms with Crippen LogP contribution in [0.5, 0.6) is 0 Å². The van der Waals surface area contributed by atoms with E-state index in [-0.39, 0.29) is 5.91 Å². The smallest absolute Gasteiger partial charge is 0.251 e. The van der Waals surface area contributed by atoms with E-state index in [1.54, 1.807) is 7.11 Å². The first-order valence-corrected chi connectivity index (χ1v) is 11.3. The third kappa shape index (κ3) is 3.40. The number of aromatic nitrogens is 1. The molecular weight excluding hydrogens is 444 g/mol. The van der Waals surface area contributed by atoms with E-state index in [4.69, 9.17) is 25.5 Å². The van der Waals surface area contributed by atoms with Crippen molar-refractivity contribution in [2.75, 3.05) is 13.7 Å². The van der Waals surface area contributed by atoms with Gasteiger partial charge in [0.05, 0.1) is 6.54 Å². The topological polar surface area (TPSA) is 101 Å². The third-order valence-corrected chi connectivity index (χ3v) is 6.67. The number of carbonyl (C=O) groups is 1. The van der Waals surface area contributed by atoms with Gasteiger partial charge < -0.3 is 24.6 Å². The summed E-state index contributed by atoms with van der Waals surface area (Å²) in [6.07, 6.45) is 4.66. The summed E-state index contributed by atoms with van der Waals surface area (Å²) in [7, 11) is 1.62. The Morgan fingerprint density at radius 3 is 2.82 bits per heavy atom. The number of aryl methyl sites for hydroxylation is 1. The van der Waals surface area contributed by atoms with Crippen molar-refractivity contribution in [1.29, 1.82) is 0 Å². The van der Waals surface area contributed by atoms with Gasteiger partial charge in [-0.3, -0.25) is 4.79 Å². The van der Waals surface area contributed by atoms with Crippen LogP contribution in [-0.4, -0.2) is 41.6 Å². The molecule has 1 aliphatic carbocycles. The van der Waals surface area contributed by atoms with Gasteiger partial charge in [-0.15, -0.1) is 0 Å². The van der Waals surface area contributed by atoms with E-state index in [0.717, 1.165) is 23.3 Å². The van der Waals surface area contributed by atoms with Gasteiger partial charge in [0.25, 0.3) is 5.91 Å². The van der Waals surface area contributed by atoms with Crippen LogP contribution in [0.4, 0.5) is 0 Å². The van der Waals surface area contributed by atoms with Crippen molar-refractivity contribution in [3.05, 3.63) is 75.5 Å². The number of benzene rings is 1. The molecule has 9 heteroatoms. The Kier molecular flexibility index (Phi) is 5.39. The molecule has 3 aliphatic rings. The molecule has 0 saturated carbocycles. The molecule has 3 heterocycles. The highest BCUT2D eigenvalue weighted by Gasteiger charge is 2.75. The molecule has 2 aliphatic heterocycles. The number of halogens is 1. The van der Waals surface area contributed by atoms with Crippen molar-refractivity contribution >= 4 is 23.2 Å². The Balaban J connectivity index is 1.60. The van der Waals surface area contributed by atoms with Crippen LogP contribution in [0.15, 0.2) is 63.0 Å². The lowest BCUT2D eigenvalue weighted by atomic mass is 9.77. The van der Waals surface area contributed by atoms with Crippen LogP contribution in [0, 0.1) is 0 Å². The zero-order valence-corrected chi connectivity index (χ0v) is 19.5. The lowest BCUT2D eigenvalue weighted by Gasteiger charge is -2.28. The summed E-state index contributed by atoms with van der Waals surface area (Å²) in [5.74, 6) is -0.650. The summed E-state index contributed by atoms with van der Waals surface area (Å²) in [5.41, 5.74) is 6.45. The first-order valence-electron chi connectivity index (χ1n) is 10.9. The number of amides is 1. The van der Waals surface area contributed by atoms with Gasteiger partial charge >= 0.3 is 0 Å². The van der Waals surface area contributed by atoms with E-state index in [1.807, 2.05) is 44.2 Å². The fourth-order valence-corrected chi connectivity index (χ4v) is 4.90. The average Bonchev–Trinajstić information content (AvgIpc) is 3.19. The van der Waals surface area contributed by atoms with Crippen molar-refractivity contribution in [2.24, 2.45) is 5.10 Å². The number of hydrogen-bond donors (Lipinski definition) is 2. The maximum atomic E-state index is 13.2. The maximum Gasteiger partial charge on any atom is 0.251 e. The predicted molar refractivity (Wildman–Crippen MR) is 123 cm³/mol. The van der Waals surface area contributed by atoms with E-state index in [9.17, 15) is 4.79 Å². The number of oxazole rings is 1. The second-order valence-corrected chi connectivity index (χ2v) is 8.76. The molecule has 33 heavy (non-hydrogen) atoms. The minimum absolute atomic E-state index is 0.202. The predicted octanol–water partition coefficient (Wildman–Crippen LogP) is 3.27. The number of nitrogens with one attached hydrogen (secondary N) is 2. The van der Waals surface area contributed by atoms with Crippen LogP contribution in [0.1, 0.15) is 37.3 Å². The molecule has 1 aromatic carbocycles. The van der Waals surface area contributed by atoms with Gasteiger partial charge in [0.1, 0.15) is 11.4 Å². The average molecular weight is 469 g/mol. The zero-order chi connectivity index (χ0) is 23.2.